The van der Waals surface area contributed by atoms with Crippen molar-refractivity contribution in [1.29, 1.82) is 0 Å². The van der Waals surface area contributed by atoms with Gasteiger partial charge >= 0.3 is 0 Å². The fourth-order valence-electron chi connectivity index (χ4n) is 1.18. The zero-order chi connectivity index (χ0) is 9.90. The maximum atomic E-state index is 4.09. The Morgan fingerprint density at radius 3 is 2.62 bits per heavy atom. The molecular formula is C10H16BrNS. The fraction of sp³-hybridized carbons (Fsp3) is 0.700. The SMILES string of the molecule is CC(C)(C)C(CBr)Cc1cncs1. The molecule has 0 aliphatic heterocycles. The minimum Gasteiger partial charge on any atom is -0.253 e. The summed E-state index contributed by atoms with van der Waals surface area (Å²) >= 11 is 5.33. The van der Waals surface area contributed by atoms with Crippen LogP contribution in [0.1, 0.15) is 25.6 Å². The van der Waals surface area contributed by atoms with E-state index in [9.17, 15) is 0 Å². The van der Waals surface area contributed by atoms with Crippen LogP contribution in [0.3, 0.4) is 0 Å². The molecule has 1 aromatic rings. The summed E-state index contributed by atoms with van der Waals surface area (Å²) < 4.78 is 0. The molecule has 13 heavy (non-hydrogen) atoms. The van der Waals surface area contributed by atoms with Crippen molar-refractivity contribution in [3.05, 3.63) is 16.6 Å². The predicted molar refractivity (Wildman–Crippen MR) is 62.6 cm³/mol. The highest BCUT2D eigenvalue weighted by Gasteiger charge is 2.23. The Labute approximate surface area is 92.7 Å². The van der Waals surface area contributed by atoms with E-state index >= 15 is 0 Å². The highest BCUT2D eigenvalue weighted by molar-refractivity contribution is 9.09. The van der Waals surface area contributed by atoms with Gasteiger partial charge in [0.05, 0.1) is 5.51 Å². The highest BCUT2D eigenvalue weighted by Crippen LogP contribution is 2.31. The van der Waals surface area contributed by atoms with Gasteiger partial charge in [0, 0.05) is 16.4 Å². The molecule has 0 saturated carbocycles. The molecule has 3 heteroatoms. The van der Waals surface area contributed by atoms with E-state index < -0.39 is 0 Å². The van der Waals surface area contributed by atoms with Crippen molar-refractivity contribution in [1.82, 2.24) is 4.98 Å². The molecule has 0 amide bonds. The maximum Gasteiger partial charge on any atom is 0.0794 e. The lowest BCUT2D eigenvalue weighted by atomic mass is 9.80. The van der Waals surface area contributed by atoms with Crippen LogP contribution >= 0.6 is 27.3 Å². The molecule has 0 N–H and O–H groups in total. The second-order valence-electron chi connectivity index (χ2n) is 4.39. The first-order valence-corrected chi connectivity index (χ1v) is 6.47. The summed E-state index contributed by atoms with van der Waals surface area (Å²) in [5.74, 6) is 0.688. The van der Waals surface area contributed by atoms with Crippen LogP contribution in [-0.2, 0) is 6.42 Å². The molecule has 0 fully saturated rings. The number of aromatic nitrogens is 1. The third-order valence-corrected chi connectivity index (χ3v) is 3.93. The second-order valence-corrected chi connectivity index (χ2v) is 6.01. The average molecular weight is 262 g/mol. The molecule has 1 unspecified atom stereocenters. The third-order valence-electron chi connectivity index (χ3n) is 2.34. The summed E-state index contributed by atoms with van der Waals surface area (Å²) in [7, 11) is 0. The third kappa shape index (κ3) is 3.39. The Balaban J connectivity index is 2.60. The van der Waals surface area contributed by atoms with E-state index in [4.69, 9.17) is 0 Å². The average Bonchev–Trinajstić information content (AvgIpc) is 2.49. The minimum atomic E-state index is 0.369. The van der Waals surface area contributed by atoms with Crippen molar-refractivity contribution in [2.45, 2.75) is 27.2 Å². The summed E-state index contributed by atoms with van der Waals surface area (Å²) in [6.45, 7) is 6.87. The Morgan fingerprint density at radius 2 is 2.23 bits per heavy atom. The summed E-state index contributed by atoms with van der Waals surface area (Å²) in [4.78, 5) is 5.48. The second kappa shape index (κ2) is 4.56. The van der Waals surface area contributed by atoms with Gasteiger partial charge in [-0.25, -0.2) is 0 Å². The molecule has 1 nitrogen and oxygen atoms in total. The van der Waals surface area contributed by atoms with Crippen molar-refractivity contribution < 1.29 is 0 Å². The van der Waals surface area contributed by atoms with E-state index in [2.05, 4.69) is 41.7 Å². The number of rotatable bonds is 3. The summed E-state index contributed by atoms with van der Waals surface area (Å²) in [5.41, 5.74) is 2.27. The van der Waals surface area contributed by atoms with Crippen molar-refractivity contribution in [2.75, 3.05) is 5.33 Å². The van der Waals surface area contributed by atoms with E-state index in [1.54, 1.807) is 11.3 Å². The molecule has 0 spiro atoms. The Kier molecular flexibility index (Phi) is 3.92. The Hall–Kier alpha value is 0.110. The van der Waals surface area contributed by atoms with Crippen LogP contribution in [0.25, 0.3) is 0 Å². The first-order chi connectivity index (χ1) is 6.04. The van der Waals surface area contributed by atoms with Crippen molar-refractivity contribution in [3.8, 4) is 0 Å². The molecule has 0 aliphatic rings. The monoisotopic (exact) mass is 261 g/mol. The maximum absolute atomic E-state index is 4.09. The minimum absolute atomic E-state index is 0.369. The zero-order valence-electron chi connectivity index (χ0n) is 8.38. The van der Waals surface area contributed by atoms with Crippen LogP contribution in [-0.4, -0.2) is 10.3 Å². The Morgan fingerprint density at radius 1 is 1.54 bits per heavy atom. The molecule has 0 radical (unpaired) electrons. The van der Waals surface area contributed by atoms with Crippen LogP contribution in [0.5, 0.6) is 0 Å². The lowest BCUT2D eigenvalue weighted by Crippen LogP contribution is -2.23. The molecule has 0 aliphatic carbocycles. The van der Waals surface area contributed by atoms with E-state index in [-0.39, 0.29) is 0 Å². The lowest BCUT2D eigenvalue weighted by Gasteiger charge is -2.28. The molecule has 74 valence electrons. The summed E-state index contributed by atoms with van der Waals surface area (Å²) in [6.07, 6.45) is 3.12. The molecule has 1 heterocycles. The topological polar surface area (TPSA) is 12.9 Å². The van der Waals surface area contributed by atoms with Gasteiger partial charge in [0.1, 0.15) is 0 Å². The van der Waals surface area contributed by atoms with Gasteiger partial charge in [-0.3, -0.25) is 4.98 Å². The Bertz CT molecular complexity index is 238. The molecule has 1 rings (SSSR count). The number of halogens is 1. The summed E-state index contributed by atoms with van der Waals surface area (Å²) in [6, 6.07) is 0. The van der Waals surface area contributed by atoms with Gasteiger partial charge in [-0.05, 0) is 17.8 Å². The van der Waals surface area contributed by atoms with Crippen molar-refractivity contribution in [2.24, 2.45) is 11.3 Å². The molecule has 1 atom stereocenters. The van der Waals surface area contributed by atoms with Crippen molar-refractivity contribution >= 4 is 27.3 Å². The number of alkyl halides is 1. The van der Waals surface area contributed by atoms with Gasteiger partial charge in [-0.1, -0.05) is 36.7 Å². The van der Waals surface area contributed by atoms with Crippen LogP contribution in [0.4, 0.5) is 0 Å². The number of hydrogen-bond acceptors (Lipinski definition) is 2. The van der Waals surface area contributed by atoms with Gasteiger partial charge < -0.3 is 0 Å². The standard InChI is InChI=1S/C10H16BrNS/c1-10(2,3)8(5-11)4-9-6-12-7-13-9/h6-8H,4-5H2,1-3H3. The highest BCUT2D eigenvalue weighted by atomic mass is 79.9. The van der Waals surface area contributed by atoms with Gasteiger partial charge in [-0.15, -0.1) is 11.3 Å². The van der Waals surface area contributed by atoms with E-state index in [1.807, 2.05) is 11.7 Å². The van der Waals surface area contributed by atoms with Gasteiger partial charge in [0.25, 0.3) is 0 Å². The normalized spacial score (nSPS) is 14.5. The fourth-order valence-corrected chi connectivity index (χ4v) is 3.05. The van der Waals surface area contributed by atoms with Crippen molar-refractivity contribution in [3.63, 3.8) is 0 Å². The largest absolute Gasteiger partial charge is 0.253 e. The predicted octanol–water partition coefficient (Wildman–Crippen LogP) is 3.74. The van der Waals surface area contributed by atoms with Crippen LogP contribution < -0.4 is 0 Å². The van der Waals surface area contributed by atoms with Crippen LogP contribution in [0.2, 0.25) is 0 Å². The smallest absolute Gasteiger partial charge is 0.0794 e. The first-order valence-electron chi connectivity index (χ1n) is 4.47. The van der Waals surface area contributed by atoms with Gasteiger partial charge in [-0.2, -0.15) is 0 Å². The van der Waals surface area contributed by atoms with E-state index in [1.165, 1.54) is 4.88 Å². The first kappa shape index (κ1) is 11.2. The lowest BCUT2D eigenvalue weighted by molar-refractivity contribution is 0.268. The molecular weight excluding hydrogens is 246 g/mol. The molecule has 0 aromatic carbocycles. The number of nitrogens with zero attached hydrogens (tertiary/aromatic N) is 1. The van der Waals surface area contributed by atoms with Gasteiger partial charge in [0.15, 0.2) is 0 Å². The van der Waals surface area contributed by atoms with E-state index in [0.717, 1.165) is 11.8 Å². The number of thiazole rings is 1. The molecule has 1 aromatic heterocycles. The zero-order valence-corrected chi connectivity index (χ0v) is 10.8. The van der Waals surface area contributed by atoms with Gasteiger partial charge in [0.2, 0.25) is 0 Å². The number of hydrogen-bond donors (Lipinski definition) is 0. The van der Waals surface area contributed by atoms with Crippen LogP contribution in [0.15, 0.2) is 11.7 Å². The summed E-state index contributed by atoms with van der Waals surface area (Å²) in [5, 5.41) is 1.06. The van der Waals surface area contributed by atoms with Crippen LogP contribution in [0, 0.1) is 11.3 Å². The van der Waals surface area contributed by atoms with E-state index in [0.29, 0.717) is 11.3 Å². The quantitative estimate of drug-likeness (QED) is 0.756. The molecule has 0 bridgehead atoms. The molecule has 0 saturated heterocycles.